The van der Waals surface area contributed by atoms with Crippen molar-refractivity contribution in [1.82, 2.24) is 14.9 Å². The van der Waals surface area contributed by atoms with E-state index in [0.717, 1.165) is 25.3 Å². The van der Waals surface area contributed by atoms with E-state index < -0.39 is 0 Å². The summed E-state index contributed by atoms with van der Waals surface area (Å²) in [5, 5.41) is 0.633. The molecule has 4 nitrogen and oxygen atoms in total. The van der Waals surface area contributed by atoms with E-state index >= 15 is 0 Å². The summed E-state index contributed by atoms with van der Waals surface area (Å²) in [6, 6.07) is 5.99. The van der Waals surface area contributed by atoms with Gasteiger partial charge in [0.05, 0.1) is 5.69 Å². The van der Waals surface area contributed by atoms with Crippen molar-refractivity contribution in [3.8, 4) is 0 Å². The van der Waals surface area contributed by atoms with Crippen molar-refractivity contribution in [2.75, 3.05) is 12.3 Å². The number of rotatable bonds is 5. The second kappa shape index (κ2) is 5.75. The Bertz CT molecular complexity index is 455. The number of hydrogen-bond acceptors (Lipinski definition) is 5. The van der Waals surface area contributed by atoms with E-state index in [1.807, 2.05) is 30.6 Å². The number of aromatic nitrogens is 2. The Balaban J connectivity index is 1.98. The lowest BCUT2D eigenvalue weighted by Crippen LogP contribution is -2.22. The van der Waals surface area contributed by atoms with E-state index in [0.29, 0.717) is 5.13 Å². The summed E-state index contributed by atoms with van der Waals surface area (Å²) in [5.74, 6) is 0. The second-order valence-electron chi connectivity index (χ2n) is 3.79. The van der Waals surface area contributed by atoms with Gasteiger partial charge in [0.25, 0.3) is 0 Å². The maximum absolute atomic E-state index is 5.62. The molecule has 2 N–H and O–H groups in total. The first kappa shape index (κ1) is 12.0. The van der Waals surface area contributed by atoms with Gasteiger partial charge in [0.15, 0.2) is 5.13 Å². The van der Waals surface area contributed by atoms with E-state index in [1.54, 1.807) is 11.3 Å². The molecule has 2 aromatic rings. The summed E-state index contributed by atoms with van der Waals surface area (Å²) < 4.78 is 0. The Morgan fingerprint density at radius 2 is 2.18 bits per heavy atom. The molecule has 0 unspecified atom stereocenters. The van der Waals surface area contributed by atoms with Crippen molar-refractivity contribution in [2.45, 2.75) is 20.0 Å². The molecule has 0 saturated heterocycles. The molecule has 0 bridgehead atoms. The average molecular weight is 248 g/mol. The van der Waals surface area contributed by atoms with Gasteiger partial charge in [-0.05, 0) is 18.7 Å². The Morgan fingerprint density at radius 1 is 1.29 bits per heavy atom. The fourth-order valence-corrected chi connectivity index (χ4v) is 2.34. The molecule has 0 radical (unpaired) electrons. The summed E-state index contributed by atoms with van der Waals surface area (Å²) in [6.45, 7) is 4.86. The van der Waals surface area contributed by atoms with Gasteiger partial charge < -0.3 is 5.73 Å². The normalized spacial score (nSPS) is 10.9. The van der Waals surface area contributed by atoms with Crippen LogP contribution in [0, 0.1) is 0 Å². The van der Waals surface area contributed by atoms with Crippen LogP contribution in [0.25, 0.3) is 0 Å². The molecular weight excluding hydrogens is 232 g/mol. The van der Waals surface area contributed by atoms with E-state index in [9.17, 15) is 0 Å². The van der Waals surface area contributed by atoms with Crippen LogP contribution in [0.5, 0.6) is 0 Å². The molecule has 0 amide bonds. The van der Waals surface area contributed by atoms with Crippen LogP contribution in [-0.2, 0) is 13.1 Å². The van der Waals surface area contributed by atoms with Gasteiger partial charge in [0, 0.05) is 30.4 Å². The zero-order valence-electron chi connectivity index (χ0n) is 9.84. The predicted octanol–water partition coefficient (Wildman–Crippen LogP) is 2.14. The molecule has 0 saturated carbocycles. The number of thiazole rings is 1. The highest BCUT2D eigenvalue weighted by molar-refractivity contribution is 7.15. The van der Waals surface area contributed by atoms with E-state index in [4.69, 9.17) is 5.73 Å². The van der Waals surface area contributed by atoms with Gasteiger partial charge in [-0.2, -0.15) is 0 Å². The first-order chi connectivity index (χ1) is 8.28. The molecule has 0 aliphatic carbocycles. The number of nitrogens with two attached hydrogens (primary N) is 1. The molecule has 17 heavy (non-hydrogen) atoms. The number of nitrogens with zero attached hydrogens (tertiary/aromatic N) is 3. The summed E-state index contributed by atoms with van der Waals surface area (Å²) in [6.07, 6.45) is 3.68. The summed E-state index contributed by atoms with van der Waals surface area (Å²) in [5.41, 5.74) is 6.71. The predicted molar refractivity (Wildman–Crippen MR) is 70.6 cm³/mol. The SMILES string of the molecule is CCN(Cc1ccccn1)Cc1cnc(N)s1. The summed E-state index contributed by atoms with van der Waals surface area (Å²) in [7, 11) is 0. The molecule has 90 valence electrons. The lowest BCUT2D eigenvalue weighted by molar-refractivity contribution is 0.270. The molecule has 2 heterocycles. The highest BCUT2D eigenvalue weighted by Gasteiger charge is 2.07. The van der Waals surface area contributed by atoms with Gasteiger partial charge >= 0.3 is 0 Å². The number of nitrogen functional groups attached to an aromatic ring is 1. The topological polar surface area (TPSA) is 55.0 Å². The minimum Gasteiger partial charge on any atom is -0.375 e. The van der Waals surface area contributed by atoms with Crippen LogP contribution in [0.15, 0.2) is 30.6 Å². The second-order valence-corrected chi connectivity index (χ2v) is 4.94. The smallest absolute Gasteiger partial charge is 0.180 e. The third kappa shape index (κ3) is 3.51. The van der Waals surface area contributed by atoms with Crippen LogP contribution in [-0.4, -0.2) is 21.4 Å². The van der Waals surface area contributed by atoms with Gasteiger partial charge in [-0.3, -0.25) is 9.88 Å². The Labute approximate surface area is 105 Å². The molecule has 0 spiro atoms. The van der Waals surface area contributed by atoms with Crippen LogP contribution in [0.3, 0.4) is 0 Å². The first-order valence-electron chi connectivity index (χ1n) is 5.60. The number of pyridine rings is 1. The van der Waals surface area contributed by atoms with Crippen LogP contribution in [0.1, 0.15) is 17.5 Å². The molecule has 5 heteroatoms. The third-order valence-electron chi connectivity index (χ3n) is 2.51. The van der Waals surface area contributed by atoms with E-state index in [2.05, 4.69) is 21.8 Å². The summed E-state index contributed by atoms with van der Waals surface area (Å²) >= 11 is 1.55. The minimum absolute atomic E-state index is 0.633. The maximum Gasteiger partial charge on any atom is 0.180 e. The van der Waals surface area contributed by atoms with Crippen LogP contribution < -0.4 is 5.73 Å². The lowest BCUT2D eigenvalue weighted by atomic mass is 10.3. The van der Waals surface area contributed by atoms with Crippen molar-refractivity contribution < 1.29 is 0 Å². The molecule has 0 aliphatic heterocycles. The van der Waals surface area contributed by atoms with Gasteiger partial charge in [-0.1, -0.05) is 13.0 Å². The highest BCUT2D eigenvalue weighted by atomic mass is 32.1. The molecule has 0 fully saturated rings. The van der Waals surface area contributed by atoms with E-state index in [-0.39, 0.29) is 0 Å². The van der Waals surface area contributed by atoms with Gasteiger partial charge in [-0.25, -0.2) is 4.98 Å². The monoisotopic (exact) mass is 248 g/mol. The Kier molecular flexibility index (Phi) is 4.06. The highest BCUT2D eigenvalue weighted by Crippen LogP contribution is 2.17. The van der Waals surface area contributed by atoms with Crippen molar-refractivity contribution in [3.63, 3.8) is 0 Å². The Morgan fingerprint density at radius 3 is 2.76 bits per heavy atom. The standard InChI is InChI=1S/C12H16N4S/c1-2-16(8-10-5-3-4-6-14-10)9-11-7-15-12(13)17-11/h3-7H,2,8-9H2,1H3,(H2,13,15). The molecular formula is C12H16N4S. The largest absolute Gasteiger partial charge is 0.375 e. The molecule has 2 rings (SSSR count). The lowest BCUT2D eigenvalue weighted by Gasteiger charge is -2.18. The number of hydrogen-bond donors (Lipinski definition) is 1. The fraction of sp³-hybridized carbons (Fsp3) is 0.333. The maximum atomic E-state index is 5.62. The van der Waals surface area contributed by atoms with Gasteiger partial charge in [0.1, 0.15) is 0 Å². The molecule has 0 aliphatic rings. The summed E-state index contributed by atoms with van der Waals surface area (Å²) in [4.78, 5) is 11.9. The van der Waals surface area contributed by atoms with Crippen LogP contribution >= 0.6 is 11.3 Å². The van der Waals surface area contributed by atoms with Crippen molar-refractivity contribution >= 4 is 16.5 Å². The van der Waals surface area contributed by atoms with Crippen molar-refractivity contribution in [3.05, 3.63) is 41.2 Å². The zero-order chi connectivity index (χ0) is 12.1. The molecule has 2 aromatic heterocycles. The number of anilines is 1. The van der Waals surface area contributed by atoms with Gasteiger partial charge in [0.2, 0.25) is 0 Å². The molecule has 0 aromatic carbocycles. The van der Waals surface area contributed by atoms with Crippen LogP contribution in [0.2, 0.25) is 0 Å². The Hall–Kier alpha value is -1.46. The minimum atomic E-state index is 0.633. The van der Waals surface area contributed by atoms with Crippen molar-refractivity contribution in [1.29, 1.82) is 0 Å². The van der Waals surface area contributed by atoms with E-state index in [1.165, 1.54) is 4.88 Å². The quantitative estimate of drug-likeness (QED) is 0.881. The van der Waals surface area contributed by atoms with Crippen LogP contribution in [0.4, 0.5) is 5.13 Å². The zero-order valence-corrected chi connectivity index (χ0v) is 10.7. The molecule has 0 atom stereocenters. The third-order valence-corrected chi connectivity index (χ3v) is 3.32. The average Bonchev–Trinajstić information content (AvgIpc) is 2.75. The van der Waals surface area contributed by atoms with Gasteiger partial charge in [-0.15, -0.1) is 11.3 Å². The van der Waals surface area contributed by atoms with Crippen molar-refractivity contribution in [2.24, 2.45) is 0 Å². The first-order valence-corrected chi connectivity index (χ1v) is 6.42. The fourth-order valence-electron chi connectivity index (χ4n) is 1.62.